The summed E-state index contributed by atoms with van der Waals surface area (Å²) in [6.07, 6.45) is 0.103. The van der Waals surface area contributed by atoms with E-state index in [0.717, 1.165) is 6.61 Å². The molecule has 0 unspecified atom stereocenters. The molecule has 1 amide bonds. The molecule has 2 rings (SSSR count). The maximum atomic E-state index is 12.5. The summed E-state index contributed by atoms with van der Waals surface area (Å²) in [5.74, 6) is 0.183. The summed E-state index contributed by atoms with van der Waals surface area (Å²) in [5, 5.41) is 3.44. The number of epoxide rings is 1. The number of rotatable bonds is 8. The largest absolute Gasteiger partial charge is 0.416 e. The van der Waals surface area contributed by atoms with Gasteiger partial charge < -0.3 is 18.9 Å². The van der Waals surface area contributed by atoms with Crippen molar-refractivity contribution in [3.05, 3.63) is 0 Å². The van der Waals surface area contributed by atoms with Crippen molar-refractivity contribution in [2.45, 2.75) is 103 Å². The van der Waals surface area contributed by atoms with Crippen LogP contribution in [0, 0.1) is 11.8 Å². The molecule has 164 valence electrons. The molecule has 0 aromatic heterocycles. The second-order valence-electron chi connectivity index (χ2n) is 11.8. The second-order valence-corrected chi connectivity index (χ2v) is 21.3. The van der Waals surface area contributed by atoms with Crippen LogP contribution in [0.4, 0.5) is 0 Å². The van der Waals surface area contributed by atoms with E-state index in [4.69, 9.17) is 13.6 Å². The first-order valence-corrected chi connectivity index (χ1v) is 16.5. The van der Waals surface area contributed by atoms with Crippen LogP contribution in [-0.2, 0) is 18.4 Å². The summed E-state index contributed by atoms with van der Waals surface area (Å²) >= 11 is 0. The summed E-state index contributed by atoms with van der Waals surface area (Å²) in [5.41, 5.74) is 0. The number of ether oxygens (including phenoxy) is 1. The Morgan fingerprint density at radius 1 is 1.07 bits per heavy atom. The Balaban J connectivity index is 2.08. The zero-order valence-corrected chi connectivity index (χ0v) is 21.9. The number of carbonyl (C=O) groups is 1. The van der Waals surface area contributed by atoms with Gasteiger partial charge in [0.15, 0.2) is 16.6 Å². The van der Waals surface area contributed by atoms with Crippen LogP contribution in [0.2, 0.25) is 36.3 Å². The Morgan fingerprint density at radius 2 is 1.57 bits per heavy atom. The summed E-state index contributed by atoms with van der Waals surface area (Å²) in [7, 11) is -3.77. The van der Waals surface area contributed by atoms with E-state index in [0.29, 0.717) is 6.61 Å². The van der Waals surface area contributed by atoms with Gasteiger partial charge in [-0.2, -0.15) is 0 Å². The lowest BCUT2D eigenvalue weighted by molar-refractivity contribution is -0.143. The van der Waals surface area contributed by atoms with Gasteiger partial charge in [0.25, 0.3) is 0 Å². The molecule has 5 nitrogen and oxygen atoms in total. The van der Waals surface area contributed by atoms with Gasteiger partial charge in [0, 0.05) is 12.5 Å². The van der Waals surface area contributed by atoms with Crippen LogP contribution in [0.15, 0.2) is 0 Å². The molecule has 2 aliphatic rings. The highest BCUT2D eigenvalue weighted by Gasteiger charge is 2.54. The molecule has 7 heteroatoms. The fraction of sp³-hybridized carbons (Fsp3) is 0.952. The van der Waals surface area contributed by atoms with Crippen LogP contribution < -0.4 is 5.32 Å². The minimum atomic E-state index is -1.93. The number of β-lactam (4-membered cyclic amide) rings is 1. The Bertz CT molecular complexity index is 576. The van der Waals surface area contributed by atoms with Gasteiger partial charge in [-0.05, 0) is 43.2 Å². The van der Waals surface area contributed by atoms with Crippen molar-refractivity contribution in [1.29, 1.82) is 0 Å². The van der Waals surface area contributed by atoms with Crippen LogP contribution in [0.5, 0.6) is 0 Å². The highest BCUT2D eigenvalue weighted by Crippen LogP contribution is 2.42. The number of hydrogen-bond donors (Lipinski definition) is 1. The third-order valence-electron chi connectivity index (χ3n) is 7.53. The first-order chi connectivity index (χ1) is 12.5. The van der Waals surface area contributed by atoms with Gasteiger partial charge in [-0.15, -0.1) is 0 Å². The van der Waals surface area contributed by atoms with Crippen molar-refractivity contribution in [2.75, 3.05) is 13.2 Å². The zero-order valence-electron chi connectivity index (χ0n) is 19.9. The maximum absolute atomic E-state index is 12.5. The fourth-order valence-corrected chi connectivity index (χ4v) is 5.75. The van der Waals surface area contributed by atoms with Crippen LogP contribution in [0.1, 0.15) is 48.5 Å². The lowest BCUT2D eigenvalue weighted by atomic mass is 9.77. The van der Waals surface area contributed by atoms with Crippen molar-refractivity contribution in [1.82, 2.24) is 5.32 Å². The molecule has 0 spiro atoms. The Morgan fingerprint density at radius 3 is 1.96 bits per heavy atom. The summed E-state index contributed by atoms with van der Waals surface area (Å²) < 4.78 is 18.7. The normalized spacial score (nSPS) is 28.4. The zero-order chi connectivity index (χ0) is 21.7. The van der Waals surface area contributed by atoms with Gasteiger partial charge in [0.2, 0.25) is 5.91 Å². The van der Waals surface area contributed by atoms with Crippen molar-refractivity contribution in [3.63, 3.8) is 0 Å². The van der Waals surface area contributed by atoms with Crippen LogP contribution in [-0.4, -0.2) is 54.0 Å². The standard InChI is InChI=1S/C21H43NO4Si2/c1-14(26-28(10,11)21(5,6)7)17-18(22-19(17)23)15(16-13-24-16)12-25-27(8,9)20(2,3)4/h14-18H,12-13H2,1-11H3,(H,22,23)/t14-,15-,16-,17-,18-/m1/s1. The van der Waals surface area contributed by atoms with Gasteiger partial charge in [0.05, 0.1) is 30.8 Å². The molecule has 2 saturated heterocycles. The Labute approximate surface area is 174 Å². The van der Waals surface area contributed by atoms with Gasteiger partial charge in [-0.3, -0.25) is 4.79 Å². The van der Waals surface area contributed by atoms with Crippen molar-refractivity contribution >= 4 is 22.5 Å². The summed E-state index contributed by atoms with van der Waals surface area (Å²) in [4.78, 5) is 12.5. The summed E-state index contributed by atoms with van der Waals surface area (Å²) in [6.45, 7) is 26.0. The fourth-order valence-electron chi connectivity index (χ4n) is 3.28. The average molecular weight is 430 g/mol. The molecule has 1 N–H and O–H groups in total. The van der Waals surface area contributed by atoms with E-state index in [1.807, 2.05) is 0 Å². The predicted molar refractivity (Wildman–Crippen MR) is 120 cm³/mol. The van der Waals surface area contributed by atoms with Gasteiger partial charge in [-0.1, -0.05) is 41.5 Å². The van der Waals surface area contributed by atoms with E-state index >= 15 is 0 Å². The minimum Gasteiger partial charge on any atom is -0.416 e. The predicted octanol–water partition coefficient (Wildman–Crippen LogP) is 4.55. The molecule has 5 atom stereocenters. The molecule has 2 heterocycles. The maximum Gasteiger partial charge on any atom is 0.228 e. The Hall–Kier alpha value is -0.216. The third-order valence-corrected chi connectivity index (χ3v) is 16.6. The molecule has 0 aromatic carbocycles. The monoisotopic (exact) mass is 429 g/mol. The van der Waals surface area contributed by atoms with Gasteiger partial charge in [0.1, 0.15) is 0 Å². The number of carbonyl (C=O) groups excluding carboxylic acids is 1. The van der Waals surface area contributed by atoms with E-state index in [9.17, 15) is 4.79 Å². The number of nitrogens with one attached hydrogen (secondary N) is 1. The first kappa shape index (κ1) is 24.1. The van der Waals surface area contributed by atoms with E-state index in [1.54, 1.807) is 0 Å². The molecule has 28 heavy (non-hydrogen) atoms. The molecular weight excluding hydrogens is 386 g/mol. The van der Waals surface area contributed by atoms with E-state index in [1.165, 1.54) is 0 Å². The molecule has 0 aromatic rings. The van der Waals surface area contributed by atoms with Crippen LogP contribution in [0.3, 0.4) is 0 Å². The lowest BCUT2D eigenvalue weighted by Gasteiger charge is -2.48. The SMILES string of the molecule is C[C@@H](O[Si](C)(C)C(C)(C)C)[C@H]1C(=O)N[C@@H]1[C@H](CO[Si](C)(C)C(C)(C)C)[C@H]1CO1. The Kier molecular flexibility index (Phi) is 6.70. The highest BCUT2D eigenvalue weighted by atomic mass is 28.4. The molecule has 2 fully saturated rings. The van der Waals surface area contributed by atoms with E-state index in [-0.39, 0.29) is 46.1 Å². The topological polar surface area (TPSA) is 60.1 Å². The third kappa shape index (κ3) is 5.09. The molecular formula is C21H43NO4Si2. The summed E-state index contributed by atoms with van der Waals surface area (Å²) in [6, 6.07) is 0.0736. The molecule has 2 aliphatic heterocycles. The quantitative estimate of drug-likeness (QED) is 0.349. The smallest absolute Gasteiger partial charge is 0.228 e. The van der Waals surface area contributed by atoms with Gasteiger partial charge >= 0.3 is 0 Å². The van der Waals surface area contributed by atoms with Crippen LogP contribution in [0.25, 0.3) is 0 Å². The van der Waals surface area contributed by atoms with Crippen molar-refractivity contribution in [3.8, 4) is 0 Å². The number of amides is 1. The van der Waals surface area contributed by atoms with E-state index < -0.39 is 16.6 Å². The van der Waals surface area contributed by atoms with Crippen LogP contribution >= 0.6 is 0 Å². The first-order valence-electron chi connectivity index (χ1n) is 10.7. The van der Waals surface area contributed by atoms with Gasteiger partial charge in [-0.25, -0.2) is 0 Å². The number of hydrogen-bond acceptors (Lipinski definition) is 4. The van der Waals surface area contributed by atoms with E-state index in [2.05, 4.69) is 80.0 Å². The minimum absolute atomic E-state index is 0.0736. The molecule has 0 saturated carbocycles. The molecule has 0 bridgehead atoms. The van der Waals surface area contributed by atoms with Crippen molar-refractivity contribution < 1.29 is 18.4 Å². The second kappa shape index (κ2) is 7.80. The average Bonchev–Trinajstić information content (AvgIpc) is 3.27. The highest BCUT2D eigenvalue weighted by molar-refractivity contribution is 6.74. The lowest BCUT2D eigenvalue weighted by Crippen LogP contribution is -2.67. The molecule has 0 aliphatic carbocycles. The molecule has 0 radical (unpaired) electrons. The van der Waals surface area contributed by atoms with Crippen molar-refractivity contribution in [2.24, 2.45) is 11.8 Å².